The number of aliphatic carboxylic acids is 1. The van der Waals surface area contributed by atoms with Crippen molar-refractivity contribution in [3.63, 3.8) is 0 Å². The van der Waals surface area contributed by atoms with Gasteiger partial charge in [0.15, 0.2) is 5.37 Å². The van der Waals surface area contributed by atoms with Gasteiger partial charge in [-0.05, 0) is 18.2 Å². The highest BCUT2D eigenvalue weighted by Crippen LogP contribution is 2.39. The van der Waals surface area contributed by atoms with Crippen molar-refractivity contribution in [2.24, 2.45) is 5.16 Å². The molecule has 1 aromatic heterocycles. The van der Waals surface area contributed by atoms with Gasteiger partial charge in [-0.15, -0.1) is 0 Å². The lowest BCUT2D eigenvalue weighted by molar-refractivity contribution is -0.142. The normalized spacial score (nSPS) is 25.2. The molecule has 0 spiro atoms. The quantitative estimate of drug-likeness (QED) is 0.252. The van der Waals surface area contributed by atoms with Crippen molar-refractivity contribution >= 4 is 40.1 Å². The van der Waals surface area contributed by atoms with Gasteiger partial charge in [0.1, 0.15) is 16.5 Å². The molecule has 122 valence electrons. The Labute approximate surface area is 137 Å². The highest BCUT2D eigenvalue weighted by atomic mass is 32.2. The molecule has 2 aliphatic rings. The second-order valence-electron chi connectivity index (χ2n) is 4.78. The van der Waals surface area contributed by atoms with Crippen LogP contribution in [0.2, 0.25) is 0 Å². The summed E-state index contributed by atoms with van der Waals surface area (Å²) in [6, 6.07) is 4.96. The Morgan fingerprint density at radius 1 is 1.38 bits per heavy atom. The molecule has 9 nitrogen and oxygen atoms in total. The molecule has 24 heavy (non-hydrogen) atoms. The van der Waals surface area contributed by atoms with Crippen molar-refractivity contribution in [1.82, 2.24) is 9.88 Å². The number of β-lactam (4-membered cyclic amide) rings is 1. The van der Waals surface area contributed by atoms with Gasteiger partial charge in [0.25, 0.3) is 11.0 Å². The number of pyridine rings is 1. The first-order valence-electron chi connectivity index (χ1n) is 6.53. The zero-order valence-corrected chi connectivity index (χ0v) is 12.6. The number of nitrogens with zero attached hydrogens (tertiary/aromatic N) is 3. The monoisotopic (exact) mass is 347 g/mol. The molecule has 1 unspecified atom stereocenters. The number of carboxylic acids is 1. The number of carboxylic acid groups (broad SMARTS) is 1. The van der Waals surface area contributed by atoms with E-state index < -0.39 is 44.4 Å². The van der Waals surface area contributed by atoms with Crippen LogP contribution < -0.4 is 0 Å². The minimum Gasteiger partial charge on any atom is -0.477 e. The second-order valence-corrected chi connectivity index (χ2v) is 6.19. The first-order valence-corrected chi connectivity index (χ1v) is 7.74. The van der Waals surface area contributed by atoms with E-state index in [9.17, 15) is 23.7 Å². The number of oxime groups is 1. The van der Waals surface area contributed by atoms with Crippen molar-refractivity contribution in [2.45, 2.75) is 5.37 Å². The third kappa shape index (κ3) is 2.24. The van der Waals surface area contributed by atoms with E-state index in [1.807, 2.05) is 0 Å². The molecule has 1 fully saturated rings. The molecule has 3 heterocycles. The Balaban J connectivity index is 2.11. The highest BCUT2D eigenvalue weighted by Gasteiger charge is 2.55. The van der Waals surface area contributed by atoms with Crippen LogP contribution in [0.25, 0.3) is 6.08 Å². The van der Waals surface area contributed by atoms with E-state index in [4.69, 9.17) is 5.21 Å². The zero-order chi connectivity index (χ0) is 17.4. The lowest BCUT2D eigenvalue weighted by Crippen LogP contribution is -2.61. The van der Waals surface area contributed by atoms with Gasteiger partial charge in [-0.1, -0.05) is 11.2 Å². The molecule has 0 aliphatic carbocycles. The maximum absolute atomic E-state index is 12.3. The predicted molar refractivity (Wildman–Crippen MR) is 80.9 cm³/mol. The summed E-state index contributed by atoms with van der Waals surface area (Å²) in [5.41, 5.74) is -0.817. The summed E-state index contributed by atoms with van der Waals surface area (Å²) in [7, 11) is -2.22. The molecule has 0 aromatic carbocycles. The number of fused-ring (bicyclic) bond motifs is 1. The van der Waals surface area contributed by atoms with Crippen molar-refractivity contribution in [3.8, 4) is 0 Å². The average molecular weight is 347 g/mol. The number of amides is 1. The molecule has 2 aliphatic heterocycles. The summed E-state index contributed by atoms with van der Waals surface area (Å²) in [4.78, 5) is 40.6. The van der Waals surface area contributed by atoms with Gasteiger partial charge in [-0.3, -0.25) is 19.5 Å². The van der Waals surface area contributed by atoms with E-state index in [1.54, 1.807) is 18.2 Å². The van der Waals surface area contributed by atoms with Gasteiger partial charge in [0.2, 0.25) is 0 Å². The summed E-state index contributed by atoms with van der Waals surface area (Å²) in [6.45, 7) is 0. The van der Waals surface area contributed by atoms with Crippen LogP contribution in [0, 0.1) is 0 Å². The smallest absolute Gasteiger partial charge is 0.353 e. The van der Waals surface area contributed by atoms with Gasteiger partial charge in [0.05, 0.1) is 23.1 Å². The first kappa shape index (κ1) is 15.7. The standard InChI is InChI=1S/C14H9N3O6S/c18-11-8(5-7-3-1-2-4-15-7)12-17(11)10(13(19)20)9(6-16-22)14(21)24(12)23/h1-6,12,22H,(H,19,20)/b8-5-,16-6-/t12-,24?/m0/s1. The molecule has 10 heteroatoms. The van der Waals surface area contributed by atoms with E-state index in [0.717, 1.165) is 4.90 Å². The van der Waals surface area contributed by atoms with Crippen molar-refractivity contribution in [3.05, 3.63) is 46.9 Å². The Bertz CT molecular complexity index is 874. The fourth-order valence-corrected chi connectivity index (χ4v) is 3.79. The number of hydrogen-bond acceptors (Lipinski definition) is 7. The lowest BCUT2D eigenvalue weighted by Gasteiger charge is -2.44. The Hall–Kier alpha value is -3.14. The number of rotatable bonds is 3. The topological polar surface area (TPSA) is 137 Å². The number of carbonyl (C=O) groups is 3. The van der Waals surface area contributed by atoms with E-state index in [1.165, 1.54) is 12.3 Å². The molecule has 0 saturated carbocycles. The molecule has 0 bridgehead atoms. The molecule has 1 amide bonds. The molecular formula is C14H9N3O6S. The summed E-state index contributed by atoms with van der Waals surface area (Å²) < 4.78 is 12.3. The van der Waals surface area contributed by atoms with Crippen molar-refractivity contribution < 1.29 is 28.9 Å². The zero-order valence-electron chi connectivity index (χ0n) is 11.8. The Kier molecular flexibility index (Phi) is 3.81. The van der Waals surface area contributed by atoms with Gasteiger partial charge in [-0.2, -0.15) is 0 Å². The fraction of sp³-hybridized carbons (Fsp3) is 0.0714. The molecule has 2 N–H and O–H groups in total. The summed E-state index contributed by atoms with van der Waals surface area (Å²) >= 11 is 0. The number of aromatic nitrogens is 1. The van der Waals surface area contributed by atoms with Gasteiger partial charge >= 0.3 is 5.97 Å². The molecule has 3 rings (SSSR count). The van der Waals surface area contributed by atoms with E-state index in [2.05, 4.69) is 10.1 Å². The fourth-order valence-electron chi connectivity index (χ4n) is 2.43. The van der Waals surface area contributed by atoms with Gasteiger partial charge < -0.3 is 10.3 Å². The van der Waals surface area contributed by atoms with Gasteiger partial charge in [-0.25, -0.2) is 9.00 Å². The SMILES string of the molecule is O=C(O)C1=C(/C=N\O)C(=O)S(=O)[C@H]2/C(=C\c3ccccn3)C(=O)N12. The van der Waals surface area contributed by atoms with Crippen LogP contribution in [0.1, 0.15) is 5.69 Å². The molecule has 1 saturated heterocycles. The average Bonchev–Trinajstić information content (AvgIpc) is 2.57. The second kappa shape index (κ2) is 5.81. The summed E-state index contributed by atoms with van der Waals surface area (Å²) in [5, 5.41) is 18.2. The maximum Gasteiger partial charge on any atom is 0.353 e. The summed E-state index contributed by atoms with van der Waals surface area (Å²) in [5.74, 6) is -2.27. The third-order valence-corrected chi connectivity index (χ3v) is 4.90. The van der Waals surface area contributed by atoms with Crippen LogP contribution in [0.3, 0.4) is 0 Å². The number of hydrogen-bond donors (Lipinski definition) is 2. The minimum atomic E-state index is -2.22. The Morgan fingerprint density at radius 2 is 2.12 bits per heavy atom. The highest BCUT2D eigenvalue weighted by molar-refractivity contribution is 8.01. The van der Waals surface area contributed by atoms with Crippen molar-refractivity contribution in [1.29, 1.82) is 0 Å². The van der Waals surface area contributed by atoms with Crippen LogP contribution in [-0.2, 0) is 25.2 Å². The molecular weight excluding hydrogens is 338 g/mol. The van der Waals surface area contributed by atoms with Crippen LogP contribution in [0.5, 0.6) is 0 Å². The predicted octanol–water partition coefficient (Wildman–Crippen LogP) is -0.279. The van der Waals surface area contributed by atoms with Gasteiger partial charge in [0, 0.05) is 6.20 Å². The minimum absolute atomic E-state index is 0.0270. The van der Waals surface area contributed by atoms with Crippen LogP contribution in [0.15, 0.2) is 46.4 Å². The van der Waals surface area contributed by atoms with E-state index in [-0.39, 0.29) is 5.57 Å². The Morgan fingerprint density at radius 3 is 2.71 bits per heavy atom. The molecule has 2 atom stereocenters. The molecule has 0 radical (unpaired) electrons. The van der Waals surface area contributed by atoms with Crippen LogP contribution in [-0.4, -0.2) is 53.0 Å². The summed E-state index contributed by atoms with van der Waals surface area (Å²) in [6.07, 6.45) is 3.42. The first-order chi connectivity index (χ1) is 11.5. The molecule has 1 aromatic rings. The van der Waals surface area contributed by atoms with E-state index >= 15 is 0 Å². The number of carbonyl (C=O) groups excluding carboxylic acids is 2. The van der Waals surface area contributed by atoms with Crippen molar-refractivity contribution in [2.75, 3.05) is 0 Å². The lowest BCUT2D eigenvalue weighted by atomic mass is 10.0. The maximum atomic E-state index is 12.3. The van der Waals surface area contributed by atoms with E-state index in [0.29, 0.717) is 11.9 Å². The van der Waals surface area contributed by atoms with Crippen LogP contribution >= 0.6 is 0 Å². The van der Waals surface area contributed by atoms with Crippen LogP contribution in [0.4, 0.5) is 0 Å². The third-order valence-electron chi connectivity index (χ3n) is 3.45. The largest absolute Gasteiger partial charge is 0.477 e.